The number of H-pyrrole nitrogens is 1. The van der Waals surface area contributed by atoms with Crippen molar-refractivity contribution in [2.24, 2.45) is 0 Å². The fourth-order valence-electron chi connectivity index (χ4n) is 2.76. The Morgan fingerprint density at radius 1 is 1.10 bits per heavy atom. The maximum absolute atomic E-state index is 3.54. The Kier molecular flexibility index (Phi) is 5.21. The highest BCUT2D eigenvalue weighted by atomic mass is 15.2. The Hall–Kier alpha value is -1.32. The van der Waals surface area contributed by atoms with Gasteiger partial charge in [0.15, 0.2) is 0 Å². The number of hydrogen-bond donors (Lipinski definition) is 2. The van der Waals surface area contributed by atoms with Gasteiger partial charge in [-0.1, -0.05) is 12.1 Å². The minimum Gasteiger partial charge on any atom is -0.361 e. The van der Waals surface area contributed by atoms with Gasteiger partial charge >= 0.3 is 0 Å². The molecule has 0 saturated heterocycles. The van der Waals surface area contributed by atoms with E-state index in [1.807, 2.05) is 6.20 Å². The van der Waals surface area contributed by atoms with E-state index in [1.54, 1.807) is 0 Å². The van der Waals surface area contributed by atoms with Crippen molar-refractivity contribution in [2.75, 3.05) is 13.1 Å². The van der Waals surface area contributed by atoms with Crippen LogP contribution in [0.3, 0.4) is 0 Å². The number of rotatable bonds is 7. The second-order valence-electron chi connectivity index (χ2n) is 6.00. The Morgan fingerprint density at radius 3 is 2.55 bits per heavy atom. The highest BCUT2D eigenvalue weighted by Crippen LogP contribution is 2.13. The van der Waals surface area contributed by atoms with Gasteiger partial charge in [-0.05, 0) is 50.8 Å². The fourth-order valence-corrected chi connectivity index (χ4v) is 2.76. The molecule has 0 bridgehead atoms. The maximum Gasteiger partial charge on any atom is 0.0457 e. The molecule has 0 radical (unpaired) electrons. The molecule has 3 nitrogen and oxygen atoms in total. The van der Waals surface area contributed by atoms with Gasteiger partial charge in [0.25, 0.3) is 0 Å². The normalized spacial score (nSPS) is 12.2. The molecule has 1 aromatic heterocycles. The zero-order chi connectivity index (χ0) is 14.5. The molecule has 0 unspecified atom stereocenters. The van der Waals surface area contributed by atoms with E-state index in [1.165, 1.54) is 16.5 Å². The largest absolute Gasteiger partial charge is 0.361 e. The van der Waals surface area contributed by atoms with Gasteiger partial charge in [-0.2, -0.15) is 0 Å². The van der Waals surface area contributed by atoms with Crippen molar-refractivity contribution in [2.45, 2.75) is 46.3 Å². The van der Waals surface area contributed by atoms with E-state index in [2.05, 4.69) is 67.2 Å². The molecular weight excluding hydrogens is 246 g/mol. The van der Waals surface area contributed by atoms with Crippen LogP contribution in [0, 0.1) is 0 Å². The van der Waals surface area contributed by atoms with E-state index in [0.29, 0.717) is 12.1 Å². The van der Waals surface area contributed by atoms with Gasteiger partial charge in [-0.15, -0.1) is 0 Å². The van der Waals surface area contributed by atoms with E-state index >= 15 is 0 Å². The summed E-state index contributed by atoms with van der Waals surface area (Å²) in [6.07, 6.45) is 1.99. The third-order valence-corrected chi connectivity index (χ3v) is 3.82. The van der Waals surface area contributed by atoms with Crippen LogP contribution < -0.4 is 5.32 Å². The number of aromatic amines is 1. The van der Waals surface area contributed by atoms with Crippen LogP contribution in [-0.4, -0.2) is 35.1 Å². The number of nitrogens with zero attached hydrogens (tertiary/aromatic N) is 1. The summed E-state index contributed by atoms with van der Waals surface area (Å²) in [5, 5.41) is 4.82. The van der Waals surface area contributed by atoms with Crippen LogP contribution in [0.15, 0.2) is 30.5 Å². The van der Waals surface area contributed by atoms with E-state index < -0.39 is 0 Å². The Balaban J connectivity index is 1.80. The average Bonchev–Trinajstić information content (AvgIpc) is 2.84. The Bertz CT molecular complexity index is 520. The lowest BCUT2D eigenvalue weighted by Gasteiger charge is -2.30. The first-order valence-corrected chi connectivity index (χ1v) is 7.60. The topological polar surface area (TPSA) is 31.1 Å². The van der Waals surface area contributed by atoms with Crippen LogP contribution in [0.5, 0.6) is 0 Å². The predicted octanol–water partition coefficient (Wildman–Crippen LogP) is 3.38. The summed E-state index contributed by atoms with van der Waals surface area (Å²) in [5.74, 6) is 0. The molecule has 2 aromatic rings. The molecule has 0 aliphatic rings. The predicted molar refractivity (Wildman–Crippen MR) is 87.0 cm³/mol. The van der Waals surface area contributed by atoms with E-state index in [4.69, 9.17) is 0 Å². The summed E-state index contributed by atoms with van der Waals surface area (Å²) in [4.78, 5) is 5.78. The van der Waals surface area contributed by atoms with Crippen molar-refractivity contribution in [3.05, 3.63) is 36.0 Å². The molecule has 0 fully saturated rings. The van der Waals surface area contributed by atoms with Crippen LogP contribution in [0.2, 0.25) is 0 Å². The quantitative estimate of drug-likeness (QED) is 0.758. The third kappa shape index (κ3) is 3.84. The molecular formula is C17H27N3. The lowest BCUT2D eigenvalue weighted by atomic mass is 10.1. The third-order valence-electron chi connectivity index (χ3n) is 3.82. The molecule has 0 amide bonds. The van der Waals surface area contributed by atoms with Gasteiger partial charge in [0, 0.05) is 43.4 Å². The first kappa shape index (κ1) is 15.1. The second kappa shape index (κ2) is 6.91. The molecule has 0 aliphatic carbocycles. The van der Waals surface area contributed by atoms with Crippen molar-refractivity contribution in [1.29, 1.82) is 0 Å². The molecule has 1 heterocycles. The van der Waals surface area contributed by atoms with Gasteiger partial charge in [0.1, 0.15) is 0 Å². The van der Waals surface area contributed by atoms with Crippen molar-refractivity contribution in [3.8, 4) is 0 Å². The van der Waals surface area contributed by atoms with Crippen LogP contribution in [0.4, 0.5) is 0 Å². The van der Waals surface area contributed by atoms with E-state index in [0.717, 1.165) is 19.6 Å². The van der Waals surface area contributed by atoms with Crippen molar-refractivity contribution < 1.29 is 0 Å². The zero-order valence-electron chi connectivity index (χ0n) is 13.1. The summed E-state index contributed by atoms with van der Waals surface area (Å²) in [6, 6.07) is 9.92. The number of benzene rings is 1. The Labute approximate surface area is 122 Å². The highest BCUT2D eigenvalue weighted by Gasteiger charge is 2.11. The van der Waals surface area contributed by atoms with Gasteiger partial charge in [-0.25, -0.2) is 0 Å². The SMILES string of the molecule is CC(C)N(CCNCc1ccc2cc[nH]c2c1)C(C)C. The summed E-state index contributed by atoms with van der Waals surface area (Å²) >= 11 is 0. The van der Waals surface area contributed by atoms with Gasteiger partial charge < -0.3 is 10.3 Å². The molecule has 20 heavy (non-hydrogen) atoms. The lowest BCUT2D eigenvalue weighted by molar-refractivity contribution is 0.176. The van der Waals surface area contributed by atoms with Crippen LogP contribution in [0.25, 0.3) is 10.9 Å². The molecule has 110 valence electrons. The average molecular weight is 273 g/mol. The standard InChI is InChI=1S/C17H27N3/c1-13(2)20(14(3)4)10-9-18-12-15-5-6-16-7-8-19-17(16)11-15/h5-8,11,13-14,18-19H,9-10,12H2,1-4H3. The van der Waals surface area contributed by atoms with Gasteiger partial charge in [-0.3, -0.25) is 4.90 Å². The molecule has 0 spiro atoms. The zero-order valence-corrected chi connectivity index (χ0v) is 13.1. The van der Waals surface area contributed by atoms with E-state index in [9.17, 15) is 0 Å². The van der Waals surface area contributed by atoms with Crippen molar-refractivity contribution >= 4 is 10.9 Å². The molecule has 3 heteroatoms. The second-order valence-corrected chi connectivity index (χ2v) is 6.00. The van der Waals surface area contributed by atoms with Gasteiger partial charge in [0.05, 0.1) is 0 Å². The summed E-state index contributed by atoms with van der Waals surface area (Å²) in [5.41, 5.74) is 2.55. The summed E-state index contributed by atoms with van der Waals surface area (Å²) < 4.78 is 0. The number of aromatic nitrogens is 1. The minimum absolute atomic E-state index is 0.604. The maximum atomic E-state index is 3.54. The molecule has 0 atom stereocenters. The summed E-state index contributed by atoms with van der Waals surface area (Å²) in [7, 11) is 0. The molecule has 2 N–H and O–H groups in total. The highest BCUT2D eigenvalue weighted by molar-refractivity contribution is 5.79. The molecule has 0 aliphatic heterocycles. The van der Waals surface area contributed by atoms with Crippen molar-refractivity contribution in [3.63, 3.8) is 0 Å². The van der Waals surface area contributed by atoms with Crippen molar-refractivity contribution in [1.82, 2.24) is 15.2 Å². The van der Waals surface area contributed by atoms with Crippen LogP contribution in [0.1, 0.15) is 33.3 Å². The van der Waals surface area contributed by atoms with Crippen LogP contribution in [-0.2, 0) is 6.54 Å². The lowest BCUT2D eigenvalue weighted by Crippen LogP contribution is -2.41. The molecule has 2 rings (SSSR count). The van der Waals surface area contributed by atoms with E-state index in [-0.39, 0.29) is 0 Å². The molecule has 0 saturated carbocycles. The number of fused-ring (bicyclic) bond motifs is 1. The fraction of sp³-hybridized carbons (Fsp3) is 0.529. The molecule has 1 aromatic carbocycles. The first-order chi connectivity index (χ1) is 9.58. The monoisotopic (exact) mass is 273 g/mol. The summed E-state index contributed by atoms with van der Waals surface area (Å²) in [6.45, 7) is 12.1. The first-order valence-electron chi connectivity index (χ1n) is 7.60. The smallest absolute Gasteiger partial charge is 0.0457 e. The minimum atomic E-state index is 0.604. The van der Waals surface area contributed by atoms with Crippen LogP contribution >= 0.6 is 0 Å². The number of nitrogens with one attached hydrogen (secondary N) is 2. The number of hydrogen-bond acceptors (Lipinski definition) is 2. The Morgan fingerprint density at radius 2 is 1.85 bits per heavy atom. The van der Waals surface area contributed by atoms with Gasteiger partial charge in [0.2, 0.25) is 0 Å².